The lowest BCUT2D eigenvalue weighted by atomic mass is 9.57. The topological polar surface area (TPSA) is 158 Å². The van der Waals surface area contributed by atoms with Crippen LogP contribution in [-0.4, -0.2) is 141 Å². The Kier molecular flexibility index (Phi) is 27.7. The van der Waals surface area contributed by atoms with E-state index in [0.29, 0.717) is 75.4 Å². The van der Waals surface area contributed by atoms with Gasteiger partial charge in [-0.1, -0.05) is 63.9 Å². The van der Waals surface area contributed by atoms with Crippen LogP contribution >= 0.6 is 0 Å². The standard InChI is InChI=1S/C39H64N6O4.C7H10F2O2.2C2H6/c1-5-20-46-22-24-48-26-27-49-25-23-47-21-19-43-17-14-39(15-18-43)29-35(30-39)38(42)45(33(4)40)32(3)28-36-12-11-31(2)44(36)16-13-37(41)34-9-7-6-8-10-34;8-7(9)3-1-5(2-4-7)6(10)11;2*1-2/h1,6-10,31-32,35-37,40,42H,11-30,41H2,2-4H3;5H,1-4H2,(H,10,11);2*1-2H3. The molecular formula is C50H86F2N6O6. The minimum absolute atomic E-state index is 0.0469. The summed E-state index contributed by atoms with van der Waals surface area (Å²) in [4.78, 5) is 17.5. The molecule has 4 fully saturated rings. The predicted octanol–water partition coefficient (Wildman–Crippen LogP) is 9.13. The largest absolute Gasteiger partial charge is 0.481 e. The monoisotopic (exact) mass is 905 g/mol. The molecule has 2 heterocycles. The third kappa shape index (κ3) is 19.8. The number of likely N-dealkylation sites (tertiary alicyclic amines) is 2. The minimum Gasteiger partial charge on any atom is -0.481 e. The Hall–Kier alpha value is -3.03. The van der Waals surface area contributed by atoms with E-state index in [1.165, 1.54) is 31.2 Å². The average Bonchev–Trinajstić information content (AvgIpc) is 3.62. The van der Waals surface area contributed by atoms with Gasteiger partial charge >= 0.3 is 5.97 Å². The van der Waals surface area contributed by atoms with Crippen LogP contribution in [0.5, 0.6) is 0 Å². The van der Waals surface area contributed by atoms with E-state index in [-0.39, 0.29) is 43.7 Å². The molecule has 0 bridgehead atoms. The number of aliphatic carboxylic acids is 1. The van der Waals surface area contributed by atoms with Gasteiger partial charge in [-0.3, -0.25) is 20.5 Å². The number of hydrogen-bond acceptors (Lipinski definition) is 10. The summed E-state index contributed by atoms with van der Waals surface area (Å²) in [5, 5.41) is 26.3. The summed E-state index contributed by atoms with van der Waals surface area (Å²) >= 11 is 0. The van der Waals surface area contributed by atoms with Gasteiger partial charge in [0.15, 0.2) is 0 Å². The predicted molar refractivity (Wildman–Crippen MR) is 254 cm³/mol. The molecule has 2 aliphatic heterocycles. The lowest BCUT2D eigenvalue weighted by Gasteiger charge is -2.53. The first kappa shape index (κ1) is 57.1. The van der Waals surface area contributed by atoms with Gasteiger partial charge in [0.2, 0.25) is 5.92 Å². The first-order valence-corrected chi connectivity index (χ1v) is 24.3. The molecule has 14 heteroatoms. The van der Waals surface area contributed by atoms with E-state index in [1.54, 1.807) is 0 Å². The minimum atomic E-state index is -2.62. The number of benzene rings is 1. The number of nitrogens with two attached hydrogens (primary N) is 1. The molecule has 5 N–H and O–H groups in total. The third-order valence-electron chi connectivity index (χ3n) is 13.1. The van der Waals surface area contributed by atoms with Gasteiger partial charge in [0.25, 0.3) is 0 Å². The maximum Gasteiger partial charge on any atom is 0.306 e. The zero-order valence-electron chi connectivity index (χ0n) is 40.6. The number of amidine groups is 2. The van der Waals surface area contributed by atoms with E-state index in [0.717, 1.165) is 58.5 Å². The zero-order chi connectivity index (χ0) is 47.5. The lowest BCUT2D eigenvalue weighted by Crippen LogP contribution is -2.54. The first-order chi connectivity index (χ1) is 30.7. The van der Waals surface area contributed by atoms with Gasteiger partial charge < -0.3 is 39.6 Å². The van der Waals surface area contributed by atoms with Gasteiger partial charge in [0.05, 0.1) is 58.0 Å². The molecule has 64 heavy (non-hydrogen) atoms. The van der Waals surface area contributed by atoms with Gasteiger partial charge in [0, 0.05) is 56.0 Å². The summed E-state index contributed by atoms with van der Waals surface area (Å²) in [5.41, 5.74) is 8.13. The van der Waals surface area contributed by atoms with Crippen molar-refractivity contribution in [2.24, 2.45) is 23.0 Å². The van der Waals surface area contributed by atoms with Gasteiger partial charge in [-0.2, -0.15) is 0 Å². The quantitative estimate of drug-likeness (QED) is 0.0383. The summed E-state index contributed by atoms with van der Waals surface area (Å²) in [6, 6.07) is 11.6. The first-order valence-electron chi connectivity index (χ1n) is 24.3. The number of halogens is 2. The van der Waals surface area contributed by atoms with Crippen LogP contribution in [0.25, 0.3) is 0 Å². The van der Waals surface area contributed by atoms with Crippen molar-refractivity contribution in [2.75, 3.05) is 79.0 Å². The van der Waals surface area contributed by atoms with Crippen LogP contribution < -0.4 is 5.73 Å². The Morgan fingerprint density at radius 2 is 1.42 bits per heavy atom. The van der Waals surface area contributed by atoms with Crippen LogP contribution in [0.15, 0.2) is 30.3 Å². The molecule has 0 amide bonds. The number of rotatable bonds is 22. The van der Waals surface area contributed by atoms with Crippen molar-refractivity contribution < 1.29 is 37.6 Å². The maximum atomic E-state index is 12.4. The van der Waals surface area contributed by atoms with Crippen LogP contribution in [0.1, 0.15) is 137 Å². The highest BCUT2D eigenvalue weighted by Gasteiger charge is 2.49. The molecule has 2 aliphatic carbocycles. The fraction of sp³-hybridized carbons (Fsp3) is 0.780. The molecule has 1 aromatic rings. The summed E-state index contributed by atoms with van der Waals surface area (Å²) in [6.07, 6.45) is 13.6. The second-order valence-electron chi connectivity index (χ2n) is 17.6. The normalized spacial score (nSPS) is 21.6. The number of terminal acetylenes is 1. The number of hydrogen-bond donors (Lipinski definition) is 4. The van der Waals surface area contributed by atoms with Crippen LogP contribution in [0.2, 0.25) is 0 Å². The van der Waals surface area contributed by atoms with Crippen molar-refractivity contribution in [3.05, 3.63) is 35.9 Å². The molecule has 2 saturated carbocycles. The molecule has 2 saturated heterocycles. The smallest absolute Gasteiger partial charge is 0.306 e. The molecule has 4 unspecified atom stereocenters. The highest BCUT2D eigenvalue weighted by molar-refractivity contribution is 5.98. The lowest BCUT2D eigenvalue weighted by molar-refractivity contribution is -0.145. The zero-order valence-corrected chi connectivity index (χ0v) is 40.6. The fourth-order valence-corrected chi connectivity index (χ4v) is 9.49. The van der Waals surface area contributed by atoms with Crippen molar-refractivity contribution in [1.29, 1.82) is 10.8 Å². The molecular weight excluding hydrogens is 819 g/mol. The van der Waals surface area contributed by atoms with Crippen molar-refractivity contribution in [3.63, 3.8) is 0 Å². The molecule has 0 radical (unpaired) electrons. The Morgan fingerprint density at radius 3 is 1.95 bits per heavy atom. The number of alkyl halides is 2. The average molecular weight is 905 g/mol. The maximum absolute atomic E-state index is 12.4. The van der Waals surface area contributed by atoms with E-state index in [1.807, 2.05) is 45.6 Å². The molecule has 1 spiro atoms. The SMILES string of the molecule is C#CCOCCOCCOCCOCCN1CCC2(CC1)CC(C(=N)N(C(C)=N)C(C)CC1CCC(C)N1CCC(N)c1ccccc1)C2.CC.CC.O=C(O)C1CCC(F)(F)CC1. The van der Waals surface area contributed by atoms with Crippen molar-refractivity contribution in [1.82, 2.24) is 14.7 Å². The highest BCUT2D eigenvalue weighted by atomic mass is 19.3. The van der Waals surface area contributed by atoms with Crippen LogP contribution in [-0.2, 0) is 23.7 Å². The number of nitrogens with one attached hydrogen (secondary N) is 2. The van der Waals surface area contributed by atoms with E-state index >= 15 is 0 Å². The van der Waals surface area contributed by atoms with E-state index in [9.17, 15) is 19.0 Å². The van der Waals surface area contributed by atoms with Gasteiger partial charge in [0.1, 0.15) is 12.4 Å². The molecule has 4 atom stereocenters. The van der Waals surface area contributed by atoms with E-state index in [4.69, 9.17) is 41.6 Å². The Labute approximate surface area is 385 Å². The fourth-order valence-electron chi connectivity index (χ4n) is 9.49. The molecule has 4 aliphatic rings. The van der Waals surface area contributed by atoms with Gasteiger partial charge in [-0.05, 0) is 109 Å². The third-order valence-corrected chi connectivity index (χ3v) is 13.1. The number of carbonyl (C=O) groups is 1. The van der Waals surface area contributed by atoms with Crippen molar-refractivity contribution in [2.45, 2.75) is 156 Å². The van der Waals surface area contributed by atoms with Gasteiger partial charge in [-0.15, -0.1) is 6.42 Å². The molecule has 5 rings (SSSR count). The number of ether oxygens (including phenoxy) is 4. The summed E-state index contributed by atoms with van der Waals surface area (Å²) in [5.74, 6) is -0.267. The second kappa shape index (κ2) is 31.0. The van der Waals surface area contributed by atoms with Crippen LogP contribution in [0.4, 0.5) is 8.78 Å². The molecule has 0 aromatic heterocycles. The number of carboxylic acid groups (broad SMARTS) is 1. The summed E-state index contributed by atoms with van der Waals surface area (Å²) in [6.45, 7) is 22.8. The Balaban J connectivity index is 0.000000803. The second-order valence-corrected chi connectivity index (χ2v) is 17.6. The van der Waals surface area contributed by atoms with E-state index < -0.39 is 17.8 Å². The van der Waals surface area contributed by atoms with E-state index in [2.05, 4.69) is 53.8 Å². The molecule has 12 nitrogen and oxygen atoms in total. The summed E-state index contributed by atoms with van der Waals surface area (Å²) in [7, 11) is 0. The Morgan fingerprint density at radius 1 is 0.875 bits per heavy atom. The van der Waals surface area contributed by atoms with Crippen LogP contribution in [0.3, 0.4) is 0 Å². The van der Waals surface area contributed by atoms with Gasteiger partial charge in [-0.25, -0.2) is 8.78 Å². The number of nitrogens with zero attached hydrogens (tertiary/aromatic N) is 3. The molecule has 366 valence electrons. The highest BCUT2D eigenvalue weighted by Crippen LogP contribution is 2.53. The molecule has 1 aromatic carbocycles. The number of carboxylic acids is 1. The van der Waals surface area contributed by atoms with Crippen molar-refractivity contribution >= 4 is 17.6 Å². The van der Waals surface area contributed by atoms with Crippen molar-refractivity contribution in [3.8, 4) is 12.3 Å². The number of piperidine rings is 1. The van der Waals surface area contributed by atoms with Crippen LogP contribution in [0, 0.1) is 40.4 Å². The Bertz CT molecular complexity index is 1470. The summed E-state index contributed by atoms with van der Waals surface area (Å²) < 4.78 is 46.9.